The molecule has 0 saturated carbocycles. The number of fused-ring (bicyclic) bond motifs is 1. The van der Waals surface area contributed by atoms with Gasteiger partial charge in [0, 0.05) is 17.6 Å². The maximum atomic E-state index is 13.4. The highest BCUT2D eigenvalue weighted by atomic mass is 32.2. The van der Waals surface area contributed by atoms with Crippen LogP contribution in [0.4, 0.5) is 5.69 Å². The first kappa shape index (κ1) is 24.0. The normalized spacial score (nSPS) is 11.3. The molecule has 4 aromatic rings. The number of hydrogen-bond donors (Lipinski definition) is 1. The number of aromatic nitrogens is 2. The van der Waals surface area contributed by atoms with Crippen LogP contribution >= 0.6 is 0 Å². The fourth-order valence-corrected chi connectivity index (χ4v) is 4.92. The van der Waals surface area contributed by atoms with Gasteiger partial charge in [-0.25, -0.2) is 13.4 Å². The van der Waals surface area contributed by atoms with Crippen LogP contribution in [0, 0.1) is 6.92 Å². The van der Waals surface area contributed by atoms with Crippen LogP contribution in [0.3, 0.4) is 0 Å². The molecule has 10 heteroatoms. The number of ether oxygens (including phenoxy) is 2. The number of methoxy groups -OCH3 is 2. The summed E-state index contributed by atoms with van der Waals surface area (Å²) in [6.07, 6.45) is 1.17. The van der Waals surface area contributed by atoms with E-state index in [1.54, 1.807) is 44.4 Å². The van der Waals surface area contributed by atoms with Gasteiger partial charge in [-0.3, -0.25) is 9.59 Å². The Morgan fingerprint density at radius 1 is 0.943 bits per heavy atom. The number of hydrogen-bond acceptors (Lipinski definition) is 7. The second kappa shape index (κ2) is 9.59. The molecule has 0 saturated heterocycles. The lowest BCUT2D eigenvalue weighted by Gasteiger charge is -2.14. The number of carbonyl (C=O) groups excluding carboxylic acids is 1. The van der Waals surface area contributed by atoms with Gasteiger partial charge in [-0.1, -0.05) is 0 Å². The van der Waals surface area contributed by atoms with Crippen LogP contribution in [0.25, 0.3) is 11.0 Å². The summed E-state index contributed by atoms with van der Waals surface area (Å²) in [4.78, 5) is 29.9. The van der Waals surface area contributed by atoms with E-state index < -0.39 is 26.1 Å². The van der Waals surface area contributed by atoms with Crippen LogP contribution in [0.2, 0.25) is 0 Å². The Balaban J connectivity index is 1.77. The molecule has 180 valence electrons. The molecule has 2 aromatic carbocycles. The van der Waals surface area contributed by atoms with Gasteiger partial charge in [-0.05, 0) is 67.6 Å². The van der Waals surface area contributed by atoms with Crippen molar-refractivity contribution in [1.29, 1.82) is 0 Å². The first-order chi connectivity index (χ1) is 16.7. The molecule has 9 nitrogen and oxygen atoms in total. The molecule has 0 unspecified atom stereocenters. The Kier molecular flexibility index (Phi) is 6.57. The Morgan fingerprint density at radius 2 is 1.54 bits per heavy atom. The molecule has 4 rings (SSSR count). The monoisotopic (exact) mass is 493 g/mol. The highest BCUT2D eigenvalue weighted by molar-refractivity contribution is 7.91. The number of amides is 1. The van der Waals surface area contributed by atoms with Gasteiger partial charge in [-0.15, -0.1) is 0 Å². The van der Waals surface area contributed by atoms with E-state index in [4.69, 9.17) is 9.47 Å². The second-order valence-corrected chi connectivity index (χ2v) is 9.65. The van der Waals surface area contributed by atoms with Gasteiger partial charge in [0.25, 0.3) is 0 Å². The number of sulfone groups is 1. The minimum atomic E-state index is -4.18. The first-order valence-electron chi connectivity index (χ1n) is 10.6. The third kappa shape index (κ3) is 4.87. The molecule has 0 atom stereocenters. The van der Waals surface area contributed by atoms with Crippen molar-refractivity contribution in [2.45, 2.75) is 23.3 Å². The summed E-state index contributed by atoms with van der Waals surface area (Å²) in [5.41, 5.74) is 0.687. The van der Waals surface area contributed by atoms with Crippen LogP contribution < -0.4 is 20.2 Å². The molecule has 2 aromatic heterocycles. The van der Waals surface area contributed by atoms with Crippen molar-refractivity contribution in [2.75, 3.05) is 19.5 Å². The molecule has 0 radical (unpaired) electrons. The van der Waals surface area contributed by atoms with Gasteiger partial charge < -0.3 is 19.4 Å². The van der Waals surface area contributed by atoms with Crippen LogP contribution in [0.5, 0.6) is 11.5 Å². The molecule has 1 amide bonds. The van der Waals surface area contributed by atoms with Crippen molar-refractivity contribution >= 4 is 32.5 Å². The number of rotatable bonds is 7. The number of pyridine rings is 2. The first-order valence-corrected chi connectivity index (χ1v) is 12.0. The van der Waals surface area contributed by atoms with Crippen molar-refractivity contribution in [2.24, 2.45) is 0 Å². The summed E-state index contributed by atoms with van der Waals surface area (Å²) in [5, 5.41) is 2.85. The summed E-state index contributed by atoms with van der Waals surface area (Å²) >= 11 is 0. The highest BCUT2D eigenvalue weighted by Crippen LogP contribution is 2.23. The molecule has 0 bridgehead atoms. The Labute approximate surface area is 201 Å². The molecular formula is C25H23N3O6S. The predicted octanol–water partition coefficient (Wildman–Crippen LogP) is 3.19. The Hall–Kier alpha value is -4.18. The fraction of sp³-hybridized carbons (Fsp3) is 0.160. The molecular weight excluding hydrogens is 470 g/mol. The number of aryl methyl sites for hydroxylation is 1. The highest BCUT2D eigenvalue weighted by Gasteiger charge is 2.25. The molecule has 0 fully saturated rings. The van der Waals surface area contributed by atoms with E-state index in [1.807, 2.05) is 0 Å². The fourth-order valence-electron chi connectivity index (χ4n) is 3.56. The minimum absolute atomic E-state index is 0.0657. The van der Waals surface area contributed by atoms with Gasteiger partial charge in [0.2, 0.25) is 21.2 Å². The lowest BCUT2D eigenvalue weighted by molar-refractivity contribution is -0.116. The molecule has 2 heterocycles. The maximum Gasteiger partial charge on any atom is 0.244 e. The largest absolute Gasteiger partial charge is 0.497 e. The number of nitrogens with zero attached hydrogens (tertiary/aromatic N) is 2. The predicted molar refractivity (Wildman–Crippen MR) is 131 cm³/mol. The summed E-state index contributed by atoms with van der Waals surface area (Å²) < 4.78 is 38.3. The average Bonchev–Trinajstić information content (AvgIpc) is 2.86. The van der Waals surface area contributed by atoms with E-state index in [0.717, 1.165) is 0 Å². The Morgan fingerprint density at radius 3 is 2.14 bits per heavy atom. The van der Waals surface area contributed by atoms with E-state index in [9.17, 15) is 18.0 Å². The van der Waals surface area contributed by atoms with Crippen molar-refractivity contribution in [1.82, 2.24) is 9.55 Å². The van der Waals surface area contributed by atoms with Crippen LogP contribution in [0.15, 0.2) is 81.4 Å². The molecule has 0 aliphatic heterocycles. The van der Waals surface area contributed by atoms with E-state index in [-0.39, 0.29) is 22.5 Å². The van der Waals surface area contributed by atoms with Crippen LogP contribution in [-0.4, -0.2) is 38.1 Å². The third-order valence-corrected chi connectivity index (χ3v) is 7.14. The average molecular weight is 494 g/mol. The van der Waals surface area contributed by atoms with Crippen molar-refractivity contribution < 1.29 is 22.7 Å². The van der Waals surface area contributed by atoms with Crippen LogP contribution in [-0.2, 0) is 21.2 Å². The van der Waals surface area contributed by atoms with Crippen molar-refractivity contribution in [3.8, 4) is 11.5 Å². The quantitative estimate of drug-likeness (QED) is 0.420. The molecule has 0 spiro atoms. The number of carbonyl (C=O) groups is 1. The van der Waals surface area contributed by atoms with Crippen LogP contribution in [0.1, 0.15) is 5.69 Å². The Bertz CT molecular complexity index is 1560. The van der Waals surface area contributed by atoms with Gasteiger partial charge in [0.1, 0.15) is 28.6 Å². The van der Waals surface area contributed by atoms with E-state index in [2.05, 4.69) is 10.3 Å². The zero-order valence-electron chi connectivity index (χ0n) is 19.3. The van der Waals surface area contributed by atoms with Gasteiger partial charge >= 0.3 is 0 Å². The van der Waals surface area contributed by atoms with Gasteiger partial charge in [0.15, 0.2) is 0 Å². The molecule has 35 heavy (non-hydrogen) atoms. The third-order valence-electron chi connectivity index (χ3n) is 5.37. The number of nitrogens with one attached hydrogen (secondary N) is 1. The SMILES string of the molecule is COc1ccc(NC(=O)Cn2cc(S(=O)(=O)c3ccc(OC)cc3)c(=O)c3ccc(C)nc32)cc1. The lowest BCUT2D eigenvalue weighted by Crippen LogP contribution is -2.24. The van der Waals surface area contributed by atoms with Crippen molar-refractivity contribution in [3.05, 3.63) is 82.8 Å². The summed E-state index contributed by atoms with van der Waals surface area (Å²) in [6.45, 7) is 1.48. The zero-order valence-corrected chi connectivity index (χ0v) is 20.1. The topological polar surface area (TPSA) is 117 Å². The number of anilines is 1. The lowest BCUT2D eigenvalue weighted by atomic mass is 10.2. The van der Waals surface area contributed by atoms with E-state index in [0.29, 0.717) is 22.9 Å². The molecule has 0 aliphatic rings. The second-order valence-electron chi connectivity index (χ2n) is 7.73. The summed E-state index contributed by atoms with van der Waals surface area (Å²) in [7, 11) is -1.17. The molecule has 0 aliphatic carbocycles. The van der Waals surface area contributed by atoms with Gasteiger partial charge in [-0.2, -0.15) is 0 Å². The zero-order chi connectivity index (χ0) is 25.2. The summed E-state index contributed by atoms with van der Waals surface area (Å²) in [6, 6.07) is 15.6. The summed E-state index contributed by atoms with van der Waals surface area (Å²) in [5.74, 6) is 0.702. The number of benzene rings is 2. The van der Waals surface area contributed by atoms with E-state index >= 15 is 0 Å². The maximum absolute atomic E-state index is 13.4. The van der Waals surface area contributed by atoms with E-state index in [1.165, 1.54) is 48.2 Å². The standard InChI is InChI=1S/C25H23N3O6S/c1-16-4-13-21-24(30)22(35(31,32)20-11-9-19(34-3)10-12-20)14-28(25(21)26-16)15-23(29)27-17-5-7-18(33-2)8-6-17/h4-14H,15H2,1-3H3,(H,27,29). The van der Waals surface area contributed by atoms with Gasteiger partial charge in [0.05, 0.1) is 24.5 Å². The van der Waals surface area contributed by atoms with Crippen molar-refractivity contribution in [3.63, 3.8) is 0 Å². The smallest absolute Gasteiger partial charge is 0.244 e. The minimum Gasteiger partial charge on any atom is -0.497 e. The molecule has 1 N–H and O–H groups in total.